The lowest BCUT2D eigenvalue weighted by Gasteiger charge is -2.33. The van der Waals surface area contributed by atoms with Gasteiger partial charge in [-0.2, -0.15) is 0 Å². The van der Waals surface area contributed by atoms with E-state index in [9.17, 15) is 14.4 Å². The second kappa shape index (κ2) is 10.1. The largest absolute Gasteiger partial charge is 0.466 e. The molecule has 8 heteroatoms. The zero-order valence-electron chi connectivity index (χ0n) is 18.2. The standard InChI is InChI=1S/C22H36N2O6/c1-3-5-12-23-19(26)18-22-11-10-15(30-22)16(21(28)29-4-2)17(22)20(27)24(18)13-8-6-7-9-14-25/h15-18,25H,3-14H2,1-2H3,(H,23,26)/t15-,16+,17-,18?,22?/m0/s1. The molecule has 2 amide bonds. The van der Waals surface area contributed by atoms with Crippen LogP contribution in [0, 0.1) is 11.8 Å². The molecular formula is C22H36N2O6. The number of likely N-dealkylation sites (tertiary alicyclic amines) is 1. The number of unbranched alkanes of at least 4 members (excludes halogenated alkanes) is 4. The summed E-state index contributed by atoms with van der Waals surface area (Å²) in [5.41, 5.74) is -0.930. The number of esters is 1. The van der Waals surface area contributed by atoms with E-state index < -0.39 is 29.4 Å². The first-order valence-corrected chi connectivity index (χ1v) is 11.5. The van der Waals surface area contributed by atoms with E-state index in [2.05, 4.69) is 12.2 Å². The summed E-state index contributed by atoms with van der Waals surface area (Å²) in [5, 5.41) is 11.9. The van der Waals surface area contributed by atoms with E-state index >= 15 is 0 Å². The summed E-state index contributed by atoms with van der Waals surface area (Å²) in [5.74, 6) is -2.00. The number of aliphatic hydroxyl groups excluding tert-OH is 1. The van der Waals surface area contributed by atoms with Crippen LogP contribution in [0.25, 0.3) is 0 Å². The maximum Gasteiger partial charge on any atom is 0.312 e. The Morgan fingerprint density at radius 3 is 2.70 bits per heavy atom. The highest BCUT2D eigenvalue weighted by Crippen LogP contribution is 2.58. The van der Waals surface area contributed by atoms with Gasteiger partial charge in [-0.05, 0) is 39.0 Å². The number of ether oxygens (including phenoxy) is 2. The normalized spacial score (nSPS) is 31.8. The first-order valence-electron chi connectivity index (χ1n) is 11.5. The maximum absolute atomic E-state index is 13.5. The van der Waals surface area contributed by atoms with Gasteiger partial charge in [-0.25, -0.2) is 0 Å². The lowest BCUT2D eigenvalue weighted by Crippen LogP contribution is -2.55. The van der Waals surface area contributed by atoms with E-state index in [-0.39, 0.29) is 31.1 Å². The Morgan fingerprint density at radius 1 is 1.23 bits per heavy atom. The van der Waals surface area contributed by atoms with Crippen molar-refractivity contribution in [2.24, 2.45) is 11.8 Å². The van der Waals surface area contributed by atoms with Gasteiger partial charge in [-0.1, -0.05) is 26.2 Å². The van der Waals surface area contributed by atoms with Crippen LogP contribution in [0.15, 0.2) is 0 Å². The molecule has 170 valence electrons. The Morgan fingerprint density at radius 2 is 2.00 bits per heavy atom. The molecule has 0 aromatic heterocycles. The van der Waals surface area contributed by atoms with E-state index in [4.69, 9.17) is 14.6 Å². The zero-order chi connectivity index (χ0) is 21.7. The smallest absolute Gasteiger partial charge is 0.312 e. The number of rotatable bonds is 12. The summed E-state index contributed by atoms with van der Waals surface area (Å²) in [4.78, 5) is 41.0. The van der Waals surface area contributed by atoms with Gasteiger partial charge >= 0.3 is 5.97 Å². The summed E-state index contributed by atoms with van der Waals surface area (Å²) in [6.07, 6.45) is 6.00. The van der Waals surface area contributed by atoms with Crippen LogP contribution in [0.2, 0.25) is 0 Å². The molecule has 0 aromatic carbocycles. The van der Waals surface area contributed by atoms with E-state index in [1.807, 2.05) is 0 Å². The van der Waals surface area contributed by atoms with Crippen LogP contribution in [-0.4, -0.2) is 71.8 Å². The average Bonchev–Trinajstić information content (AvgIpc) is 3.36. The first-order chi connectivity index (χ1) is 14.5. The minimum atomic E-state index is -0.930. The van der Waals surface area contributed by atoms with Gasteiger partial charge in [0.1, 0.15) is 11.6 Å². The Labute approximate surface area is 178 Å². The van der Waals surface area contributed by atoms with E-state index in [0.29, 0.717) is 25.9 Å². The van der Waals surface area contributed by atoms with Gasteiger partial charge in [0, 0.05) is 19.7 Å². The van der Waals surface area contributed by atoms with Crippen molar-refractivity contribution in [3.63, 3.8) is 0 Å². The van der Waals surface area contributed by atoms with Crippen molar-refractivity contribution in [2.75, 3.05) is 26.3 Å². The molecule has 3 saturated heterocycles. The number of nitrogens with zero attached hydrogens (tertiary/aromatic N) is 1. The Kier molecular flexibility index (Phi) is 7.74. The number of fused-ring (bicyclic) bond motifs is 1. The zero-order valence-corrected chi connectivity index (χ0v) is 18.2. The van der Waals surface area contributed by atoms with Crippen LogP contribution in [-0.2, 0) is 23.9 Å². The number of hydrogen-bond donors (Lipinski definition) is 2. The number of carbonyl (C=O) groups excluding carboxylic acids is 3. The maximum atomic E-state index is 13.5. The molecule has 0 aromatic rings. The van der Waals surface area contributed by atoms with E-state index in [0.717, 1.165) is 38.5 Å². The summed E-state index contributed by atoms with van der Waals surface area (Å²) in [7, 11) is 0. The predicted molar refractivity (Wildman–Crippen MR) is 109 cm³/mol. The SMILES string of the molecule is CCCCNC(=O)C1N(CCCCCCO)C(=O)[C@@H]2[C@H](C(=O)OCC)[C@@H]3CCC12O3. The highest BCUT2D eigenvalue weighted by Gasteiger charge is 2.74. The molecule has 5 atom stereocenters. The molecular weight excluding hydrogens is 388 g/mol. The van der Waals surface area contributed by atoms with Gasteiger partial charge in [-0.3, -0.25) is 14.4 Å². The Balaban J connectivity index is 1.81. The molecule has 3 aliphatic rings. The highest BCUT2D eigenvalue weighted by atomic mass is 16.6. The predicted octanol–water partition coefficient (Wildman–Crippen LogP) is 1.39. The molecule has 2 bridgehead atoms. The molecule has 3 aliphatic heterocycles. The molecule has 8 nitrogen and oxygen atoms in total. The number of carbonyl (C=O) groups is 3. The van der Waals surface area contributed by atoms with Crippen LogP contribution in [0.4, 0.5) is 0 Å². The van der Waals surface area contributed by atoms with Crippen LogP contribution >= 0.6 is 0 Å². The van der Waals surface area contributed by atoms with Gasteiger partial charge in [0.15, 0.2) is 0 Å². The quantitative estimate of drug-likeness (QED) is 0.362. The molecule has 2 unspecified atom stereocenters. The summed E-state index contributed by atoms with van der Waals surface area (Å²) in [6.45, 7) is 5.25. The van der Waals surface area contributed by atoms with Crippen molar-refractivity contribution in [2.45, 2.75) is 83.0 Å². The van der Waals surface area contributed by atoms with Gasteiger partial charge in [-0.15, -0.1) is 0 Å². The van der Waals surface area contributed by atoms with Crippen molar-refractivity contribution < 1.29 is 29.0 Å². The minimum Gasteiger partial charge on any atom is -0.466 e. The Hall–Kier alpha value is -1.67. The topological polar surface area (TPSA) is 105 Å². The summed E-state index contributed by atoms with van der Waals surface area (Å²) >= 11 is 0. The molecule has 3 heterocycles. The summed E-state index contributed by atoms with van der Waals surface area (Å²) in [6, 6.07) is -0.700. The molecule has 0 aliphatic carbocycles. The van der Waals surface area contributed by atoms with Gasteiger partial charge < -0.3 is 24.8 Å². The fourth-order valence-corrected chi connectivity index (χ4v) is 5.43. The second-order valence-corrected chi connectivity index (χ2v) is 8.62. The summed E-state index contributed by atoms with van der Waals surface area (Å²) < 4.78 is 11.5. The lowest BCUT2D eigenvalue weighted by molar-refractivity contribution is -0.154. The Bertz CT molecular complexity index is 641. The lowest BCUT2D eigenvalue weighted by atomic mass is 9.71. The van der Waals surface area contributed by atoms with Gasteiger partial charge in [0.05, 0.1) is 24.5 Å². The number of aliphatic hydroxyl groups is 1. The van der Waals surface area contributed by atoms with E-state index in [1.54, 1.807) is 11.8 Å². The van der Waals surface area contributed by atoms with Gasteiger partial charge in [0.25, 0.3) is 0 Å². The number of nitrogens with one attached hydrogen (secondary N) is 1. The molecule has 30 heavy (non-hydrogen) atoms. The van der Waals surface area contributed by atoms with Crippen molar-refractivity contribution in [1.82, 2.24) is 10.2 Å². The molecule has 3 fully saturated rings. The average molecular weight is 425 g/mol. The van der Waals surface area contributed by atoms with Crippen LogP contribution in [0.5, 0.6) is 0 Å². The van der Waals surface area contributed by atoms with Crippen molar-refractivity contribution in [3.05, 3.63) is 0 Å². The molecule has 2 N–H and O–H groups in total. The third-order valence-corrected chi connectivity index (χ3v) is 6.74. The van der Waals surface area contributed by atoms with Crippen LogP contribution < -0.4 is 5.32 Å². The molecule has 3 rings (SSSR count). The molecule has 0 radical (unpaired) electrons. The van der Waals surface area contributed by atoms with Crippen molar-refractivity contribution in [3.8, 4) is 0 Å². The fourth-order valence-electron chi connectivity index (χ4n) is 5.43. The fraction of sp³-hybridized carbons (Fsp3) is 0.864. The number of amides is 2. The van der Waals surface area contributed by atoms with Crippen molar-refractivity contribution >= 4 is 17.8 Å². The third-order valence-electron chi connectivity index (χ3n) is 6.74. The van der Waals surface area contributed by atoms with Crippen LogP contribution in [0.1, 0.15) is 65.2 Å². The molecule has 0 saturated carbocycles. The second-order valence-electron chi connectivity index (χ2n) is 8.62. The third kappa shape index (κ3) is 4.08. The monoisotopic (exact) mass is 424 g/mol. The van der Waals surface area contributed by atoms with Crippen molar-refractivity contribution in [1.29, 1.82) is 0 Å². The molecule has 1 spiro atoms. The first kappa shape index (κ1) is 23.0. The highest BCUT2D eigenvalue weighted by molar-refractivity contribution is 5.98. The minimum absolute atomic E-state index is 0.159. The van der Waals surface area contributed by atoms with Crippen LogP contribution in [0.3, 0.4) is 0 Å². The van der Waals surface area contributed by atoms with E-state index in [1.165, 1.54) is 0 Å². The van der Waals surface area contributed by atoms with Gasteiger partial charge in [0.2, 0.25) is 11.8 Å². The number of hydrogen-bond acceptors (Lipinski definition) is 6.